The Morgan fingerprint density at radius 2 is 1.71 bits per heavy atom. The Kier molecular flexibility index (Phi) is 11.5. The molecule has 17 heteroatoms. The SMILES string of the molecule is C#CCN(CCc1c[nH]c2nc(N)nc(O)c12)c1ccc(C(=O)N[C@@H](CCC(=O)N[C@@H](CCC(=O)O)C(=O)O)C(=O)O)c(Cl)c1. The normalized spacial score (nSPS) is 12.1. The summed E-state index contributed by atoms with van der Waals surface area (Å²) in [5.74, 6) is -3.59. The Bertz CT molecular complexity index is 1650. The minimum atomic E-state index is -1.52. The van der Waals surface area contributed by atoms with Crippen molar-refractivity contribution in [2.75, 3.05) is 23.7 Å². The summed E-state index contributed by atoms with van der Waals surface area (Å²) in [5, 5.41) is 42.6. The lowest BCUT2D eigenvalue weighted by Crippen LogP contribution is -2.44. The van der Waals surface area contributed by atoms with E-state index >= 15 is 0 Å². The van der Waals surface area contributed by atoms with Crippen LogP contribution in [0, 0.1) is 12.3 Å². The second-order valence-corrected chi connectivity index (χ2v) is 10.2. The van der Waals surface area contributed by atoms with Crippen molar-refractivity contribution in [2.45, 2.75) is 44.2 Å². The third-order valence-electron chi connectivity index (χ3n) is 6.65. The summed E-state index contributed by atoms with van der Waals surface area (Å²) >= 11 is 6.40. The number of hydrogen-bond acceptors (Lipinski definition) is 10. The lowest BCUT2D eigenvalue weighted by atomic mass is 10.1. The van der Waals surface area contributed by atoms with Crippen molar-refractivity contribution in [2.24, 2.45) is 0 Å². The van der Waals surface area contributed by atoms with Crippen LogP contribution in [-0.4, -0.2) is 90.3 Å². The van der Waals surface area contributed by atoms with Gasteiger partial charge in [0.1, 0.15) is 17.7 Å². The lowest BCUT2D eigenvalue weighted by molar-refractivity contribution is -0.143. The quantitative estimate of drug-likeness (QED) is 0.101. The number of carboxylic acids is 3. The number of benzene rings is 1. The highest BCUT2D eigenvalue weighted by atomic mass is 35.5. The third-order valence-corrected chi connectivity index (χ3v) is 6.96. The second-order valence-electron chi connectivity index (χ2n) is 9.78. The molecule has 0 fully saturated rings. The number of nitrogen functional groups attached to an aromatic ring is 1. The van der Waals surface area contributed by atoms with Gasteiger partial charge in [0.15, 0.2) is 0 Å². The van der Waals surface area contributed by atoms with Crippen LogP contribution in [0.1, 0.15) is 41.6 Å². The summed E-state index contributed by atoms with van der Waals surface area (Å²) in [6.45, 7) is 0.535. The molecule has 0 spiro atoms. The van der Waals surface area contributed by atoms with Crippen molar-refractivity contribution in [3.8, 4) is 18.2 Å². The first-order chi connectivity index (χ1) is 21.3. The molecule has 0 aliphatic heterocycles. The number of nitrogens with two attached hydrogens (primary N) is 1. The summed E-state index contributed by atoms with van der Waals surface area (Å²) in [5.41, 5.74) is 7.17. The molecule has 1 aromatic carbocycles. The minimum Gasteiger partial charge on any atom is -0.493 e. The van der Waals surface area contributed by atoms with Crippen molar-refractivity contribution >= 4 is 64.0 Å². The van der Waals surface area contributed by atoms with E-state index in [2.05, 4.69) is 31.5 Å². The Hall–Kier alpha value is -5.56. The maximum absolute atomic E-state index is 12.9. The van der Waals surface area contributed by atoms with E-state index in [1.807, 2.05) is 0 Å². The molecule has 2 amide bonds. The van der Waals surface area contributed by atoms with Gasteiger partial charge >= 0.3 is 17.9 Å². The molecule has 9 N–H and O–H groups in total. The molecule has 238 valence electrons. The molecule has 0 unspecified atom stereocenters. The summed E-state index contributed by atoms with van der Waals surface area (Å²) in [6.07, 6.45) is 5.93. The fourth-order valence-corrected chi connectivity index (χ4v) is 4.66. The predicted molar refractivity (Wildman–Crippen MR) is 161 cm³/mol. The smallest absolute Gasteiger partial charge is 0.326 e. The Morgan fingerprint density at radius 1 is 1.04 bits per heavy atom. The zero-order valence-corrected chi connectivity index (χ0v) is 24.4. The van der Waals surface area contributed by atoms with E-state index in [-0.39, 0.29) is 41.8 Å². The summed E-state index contributed by atoms with van der Waals surface area (Å²) < 4.78 is 0. The number of nitrogens with zero attached hydrogens (tertiary/aromatic N) is 3. The number of aromatic nitrogens is 3. The van der Waals surface area contributed by atoms with Crippen LogP contribution in [0.4, 0.5) is 11.6 Å². The second kappa shape index (κ2) is 15.3. The average molecular weight is 644 g/mol. The van der Waals surface area contributed by atoms with Crippen molar-refractivity contribution in [3.63, 3.8) is 0 Å². The number of carboxylic acid groups (broad SMARTS) is 3. The molecule has 2 atom stereocenters. The highest BCUT2D eigenvalue weighted by Gasteiger charge is 2.26. The van der Waals surface area contributed by atoms with Gasteiger partial charge in [0, 0.05) is 31.3 Å². The fraction of sp³-hybridized carbons (Fsp3) is 0.321. The van der Waals surface area contributed by atoms with Crippen molar-refractivity contribution in [1.82, 2.24) is 25.6 Å². The number of H-pyrrole nitrogens is 1. The van der Waals surface area contributed by atoms with Gasteiger partial charge in [-0.3, -0.25) is 14.4 Å². The summed E-state index contributed by atoms with van der Waals surface area (Å²) in [6, 6.07) is 1.44. The van der Waals surface area contributed by atoms with Crippen LogP contribution in [0.3, 0.4) is 0 Å². The van der Waals surface area contributed by atoms with Crippen LogP contribution in [0.25, 0.3) is 11.0 Å². The van der Waals surface area contributed by atoms with E-state index in [1.165, 1.54) is 12.1 Å². The Morgan fingerprint density at radius 3 is 2.33 bits per heavy atom. The predicted octanol–water partition coefficient (Wildman–Crippen LogP) is 0.979. The number of fused-ring (bicyclic) bond motifs is 1. The van der Waals surface area contributed by atoms with Gasteiger partial charge in [0.2, 0.25) is 17.7 Å². The zero-order valence-electron chi connectivity index (χ0n) is 23.6. The van der Waals surface area contributed by atoms with E-state index < -0.39 is 54.6 Å². The minimum absolute atomic E-state index is 0.00903. The number of hydrogen-bond donors (Lipinski definition) is 8. The molecule has 16 nitrogen and oxygen atoms in total. The van der Waals surface area contributed by atoms with Gasteiger partial charge in [-0.1, -0.05) is 17.5 Å². The molecule has 0 bridgehead atoms. The van der Waals surface area contributed by atoms with Crippen LogP contribution in [0.2, 0.25) is 5.02 Å². The van der Waals surface area contributed by atoms with Gasteiger partial charge in [-0.15, -0.1) is 6.42 Å². The first kappa shape index (κ1) is 33.9. The number of nitrogens with one attached hydrogen (secondary N) is 3. The average Bonchev–Trinajstić information content (AvgIpc) is 3.37. The topological polar surface area (TPSA) is 261 Å². The van der Waals surface area contributed by atoms with Crippen LogP contribution in [0.5, 0.6) is 5.88 Å². The Balaban J connectivity index is 1.65. The maximum atomic E-state index is 12.9. The largest absolute Gasteiger partial charge is 0.493 e. The standard InChI is InChI=1S/C28H30ClN7O9/c1-2-10-36(11-9-14-13-31-23-22(14)25(41)35-28(30)34-23)15-3-4-16(17(29)12-15)24(40)33-19(27(44)45)5-7-20(37)32-18(26(42)43)6-8-21(38)39/h1,3-4,12-13,18-19H,5-11H2,(H,32,37)(H,33,40)(H,38,39)(H,42,43)(H,44,45)(H4,30,31,34,35,41)/t18-,19-/m0/s1. The molecular weight excluding hydrogens is 614 g/mol. The maximum Gasteiger partial charge on any atom is 0.326 e. The monoisotopic (exact) mass is 643 g/mol. The number of aromatic amines is 1. The van der Waals surface area contributed by atoms with Crippen LogP contribution in [-0.2, 0) is 25.6 Å². The van der Waals surface area contributed by atoms with E-state index in [1.54, 1.807) is 17.2 Å². The van der Waals surface area contributed by atoms with Crippen molar-refractivity contribution in [3.05, 3.63) is 40.5 Å². The number of rotatable bonds is 16. The van der Waals surface area contributed by atoms with E-state index in [0.717, 1.165) is 0 Å². The molecule has 0 saturated heterocycles. The molecule has 45 heavy (non-hydrogen) atoms. The summed E-state index contributed by atoms with van der Waals surface area (Å²) in [4.78, 5) is 71.5. The molecule has 2 aromatic heterocycles. The van der Waals surface area contributed by atoms with Crippen LogP contribution < -0.4 is 21.3 Å². The fourth-order valence-electron chi connectivity index (χ4n) is 4.40. The first-order valence-corrected chi connectivity index (χ1v) is 13.8. The van der Waals surface area contributed by atoms with E-state index in [4.69, 9.17) is 28.9 Å². The Labute approximate surface area is 260 Å². The van der Waals surface area contributed by atoms with Gasteiger partial charge in [-0.05, 0) is 43.0 Å². The summed E-state index contributed by atoms with van der Waals surface area (Å²) in [7, 11) is 0. The number of aromatic hydroxyl groups is 1. The molecule has 0 saturated carbocycles. The number of carbonyl (C=O) groups is 5. The number of halogens is 1. The number of anilines is 2. The number of amides is 2. The van der Waals surface area contributed by atoms with E-state index in [9.17, 15) is 39.3 Å². The molecule has 0 radical (unpaired) electrons. The van der Waals surface area contributed by atoms with Gasteiger partial charge in [-0.2, -0.15) is 9.97 Å². The van der Waals surface area contributed by atoms with Gasteiger partial charge in [0.05, 0.1) is 22.5 Å². The molecule has 0 aliphatic rings. The number of terminal acetylenes is 1. The molecule has 2 heterocycles. The molecule has 3 rings (SSSR count). The molecular formula is C28H30ClN7O9. The van der Waals surface area contributed by atoms with Crippen LogP contribution >= 0.6 is 11.6 Å². The molecule has 0 aliphatic carbocycles. The van der Waals surface area contributed by atoms with Gasteiger partial charge in [-0.25, -0.2) is 9.59 Å². The number of carbonyl (C=O) groups excluding carboxylic acids is 2. The molecule has 3 aromatic rings. The lowest BCUT2D eigenvalue weighted by Gasteiger charge is -2.23. The van der Waals surface area contributed by atoms with Gasteiger partial charge in [0.25, 0.3) is 5.91 Å². The van der Waals surface area contributed by atoms with Crippen LogP contribution in [0.15, 0.2) is 24.4 Å². The van der Waals surface area contributed by atoms with E-state index in [0.29, 0.717) is 35.2 Å². The van der Waals surface area contributed by atoms with Crippen molar-refractivity contribution < 1.29 is 44.4 Å². The third kappa shape index (κ3) is 9.21. The highest BCUT2D eigenvalue weighted by Crippen LogP contribution is 2.28. The zero-order chi connectivity index (χ0) is 33.3. The first-order valence-electron chi connectivity index (χ1n) is 13.4. The highest BCUT2D eigenvalue weighted by molar-refractivity contribution is 6.34. The number of aliphatic carboxylic acids is 3. The van der Waals surface area contributed by atoms with Gasteiger partial charge < -0.3 is 46.7 Å². The van der Waals surface area contributed by atoms with Crippen molar-refractivity contribution in [1.29, 1.82) is 0 Å².